The number of carbonyl (C=O) groups is 1. The second kappa shape index (κ2) is 6.70. The molecule has 0 unspecified atom stereocenters. The first kappa shape index (κ1) is 14.1. The van der Waals surface area contributed by atoms with Gasteiger partial charge in [0.2, 0.25) is 0 Å². The second-order valence-electron chi connectivity index (χ2n) is 3.89. The number of nitro benzene ring substituents is 1. The van der Waals surface area contributed by atoms with Crippen LogP contribution in [-0.2, 0) is 0 Å². The van der Waals surface area contributed by atoms with Gasteiger partial charge in [-0.05, 0) is 25.1 Å². The van der Waals surface area contributed by atoms with Crippen molar-refractivity contribution < 1.29 is 9.72 Å². The van der Waals surface area contributed by atoms with Gasteiger partial charge in [0.1, 0.15) is 5.56 Å². The summed E-state index contributed by atoms with van der Waals surface area (Å²) in [6, 6.07) is 4.50. The van der Waals surface area contributed by atoms with Gasteiger partial charge in [-0.25, -0.2) is 0 Å². The van der Waals surface area contributed by atoms with Crippen LogP contribution in [0.5, 0.6) is 0 Å². The van der Waals surface area contributed by atoms with E-state index < -0.39 is 10.8 Å². The van der Waals surface area contributed by atoms with E-state index in [1.807, 2.05) is 6.92 Å². The van der Waals surface area contributed by atoms with E-state index in [1.165, 1.54) is 12.1 Å². The number of amides is 1. The van der Waals surface area contributed by atoms with E-state index in [-0.39, 0.29) is 11.3 Å². The average molecular weight is 251 g/mol. The summed E-state index contributed by atoms with van der Waals surface area (Å²) in [6.07, 6.45) is 0. The Kier molecular flexibility index (Phi) is 5.26. The highest BCUT2D eigenvalue weighted by Crippen LogP contribution is 2.19. The van der Waals surface area contributed by atoms with Gasteiger partial charge in [-0.2, -0.15) is 0 Å². The summed E-state index contributed by atoms with van der Waals surface area (Å²) in [5, 5.41) is 16.5. The summed E-state index contributed by atoms with van der Waals surface area (Å²) in [4.78, 5) is 22.1. The van der Waals surface area contributed by atoms with Crippen molar-refractivity contribution in [2.45, 2.75) is 13.8 Å². The van der Waals surface area contributed by atoms with Crippen LogP contribution in [0.3, 0.4) is 0 Å². The lowest BCUT2D eigenvalue weighted by Crippen LogP contribution is -2.32. The molecule has 0 aliphatic rings. The van der Waals surface area contributed by atoms with E-state index in [4.69, 9.17) is 0 Å². The molecule has 0 atom stereocenters. The van der Waals surface area contributed by atoms with Gasteiger partial charge in [0.25, 0.3) is 11.6 Å². The van der Waals surface area contributed by atoms with Crippen LogP contribution in [-0.4, -0.2) is 30.5 Å². The van der Waals surface area contributed by atoms with Gasteiger partial charge in [-0.3, -0.25) is 14.9 Å². The molecule has 1 amide bonds. The molecule has 0 saturated carbocycles. The van der Waals surface area contributed by atoms with Crippen LogP contribution in [0, 0.1) is 17.0 Å². The fourth-order valence-corrected chi connectivity index (χ4v) is 1.53. The minimum atomic E-state index is -0.543. The van der Waals surface area contributed by atoms with Gasteiger partial charge in [-0.1, -0.05) is 13.0 Å². The molecule has 6 nitrogen and oxygen atoms in total. The van der Waals surface area contributed by atoms with Crippen molar-refractivity contribution in [3.05, 3.63) is 39.4 Å². The minimum absolute atomic E-state index is 0.108. The Morgan fingerprint density at radius 3 is 2.72 bits per heavy atom. The molecule has 0 bridgehead atoms. The largest absolute Gasteiger partial charge is 0.351 e. The predicted molar refractivity (Wildman–Crippen MR) is 68.7 cm³/mol. The van der Waals surface area contributed by atoms with Crippen molar-refractivity contribution in [3.8, 4) is 0 Å². The predicted octanol–water partition coefficient (Wildman–Crippen LogP) is 1.24. The maximum Gasteiger partial charge on any atom is 0.282 e. The summed E-state index contributed by atoms with van der Waals surface area (Å²) in [5.74, 6) is -0.414. The van der Waals surface area contributed by atoms with Crippen molar-refractivity contribution >= 4 is 11.6 Å². The topological polar surface area (TPSA) is 84.3 Å². The van der Waals surface area contributed by atoms with E-state index in [9.17, 15) is 14.9 Å². The average Bonchev–Trinajstić information content (AvgIpc) is 2.34. The number of nitrogens with zero attached hydrogens (tertiary/aromatic N) is 1. The molecule has 0 aliphatic carbocycles. The number of nitrogens with one attached hydrogen (secondary N) is 2. The third-order valence-electron chi connectivity index (χ3n) is 2.43. The molecule has 1 aromatic carbocycles. The van der Waals surface area contributed by atoms with Crippen molar-refractivity contribution in [2.24, 2.45) is 0 Å². The Balaban J connectivity index is 2.77. The normalized spacial score (nSPS) is 10.1. The third-order valence-corrected chi connectivity index (χ3v) is 2.43. The number of aryl methyl sites for hydroxylation is 1. The molecule has 0 spiro atoms. The zero-order valence-electron chi connectivity index (χ0n) is 10.5. The van der Waals surface area contributed by atoms with Gasteiger partial charge >= 0.3 is 0 Å². The van der Waals surface area contributed by atoms with Gasteiger partial charge in [-0.15, -0.1) is 0 Å². The van der Waals surface area contributed by atoms with Gasteiger partial charge in [0.05, 0.1) is 4.92 Å². The molecule has 98 valence electrons. The first-order valence-electron chi connectivity index (χ1n) is 5.80. The molecule has 0 radical (unpaired) electrons. The van der Waals surface area contributed by atoms with Crippen LogP contribution < -0.4 is 10.6 Å². The first-order valence-corrected chi connectivity index (χ1v) is 5.80. The summed E-state index contributed by atoms with van der Waals surface area (Å²) in [7, 11) is 0. The quantitative estimate of drug-likeness (QED) is 0.452. The maximum atomic E-state index is 11.8. The fraction of sp³-hybridized carbons (Fsp3) is 0.417. The van der Waals surface area contributed by atoms with E-state index >= 15 is 0 Å². The standard InChI is InChI=1S/C12H17N3O3/c1-3-13-6-7-14-12(16)10-8-9(2)4-5-11(10)15(17)18/h4-5,8,13H,3,6-7H2,1-2H3,(H,14,16). The Morgan fingerprint density at radius 2 is 2.11 bits per heavy atom. The SMILES string of the molecule is CCNCCNC(=O)c1cc(C)ccc1[N+](=O)[O-]. The van der Waals surface area contributed by atoms with Crippen LogP contribution in [0.4, 0.5) is 5.69 Å². The van der Waals surface area contributed by atoms with Crippen molar-refractivity contribution in [1.29, 1.82) is 0 Å². The number of likely N-dealkylation sites (N-methyl/N-ethyl adjacent to an activating group) is 1. The Hall–Kier alpha value is -1.95. The molecular weight excluding hydrogens is 234 g/mol. The van der Waals surface area contributed by atoms with E-state index in [0.29, 0.717) is 13.1 Å². The van der Waals surface area contributed by atoms with Crippen molar-refractivity contribution in [2.75, 3.05) is 19.6 Å². The zero-order valence-corrected chi connectivity index (χ0v) is 10.5. The first-order chi connectivity index (χ1) is 8.56. The third kappa shape index (κ3) is 3.81. The lowest BCUT2D eigenvalue weighted by atomic mass is 10.1. The maximum absolute atomic E-state index is 11.8. The van der Waals surface area contributed by atoms with Crippen LogP contribution in [0.25, 0.3) is 0 Å². The summed E-state index contributed by atoms with van der Waals surface area (Å²) in [6.45, 7) is 5.66. The molecule has 2 N–H and O–H groups in total. The monoisotopic (exact) mass is 251 g/mol. The van der Waals surface area contributed by atoms with Gasteiger partial charge in [0, 0.05) is 19.2 Å². The minimum Gasteiger partial charge on any atom is -0.351 e. The lowest BCUT2D eigenvalue weighted by Gasteiger charge is -2.06. The van der Waals surface area contributed by atoms with Crippen LogP contribution in [0.15, 0.2) is 18.2 Å². The van der Waals surface area contributed by atoms with Crippen LogP contribution in [0.1, 0.15) is 22.8 Å². The number of benzene rings is 1. The summed E-state index contributed by atoms with van der Waals surface area (Å²) < 4.78 is 0. The highest BCUT2D eigenvalue weighted by Gasteiger charge is 2.19. The number of hydrogen-bond acceptors (Lipinski definition) is 4. The highest BCUT2D eigenvalue weighted by molar-refractivity contribution is 5.98. The molecule has 1 rings (SSSR count). The number of nitro groups is 1. The lowest BCUT2D eigenvalue weighted by molar-refractivity contribution is -0.385. The Morgan fingerprint density at radius 1 is 1.39 bits per heavy atom. The van der Waals surface area contributed by atoms with Gasteiger partial charge in [0.15, 0.2) is 0 Å². The molecule has 0 fully saturated rings. The molecule has 0 heterocycles. The molecule has 18 heavy (non-hydrogen) atoms. The molecule has 0 aliphatic heterocycles. The molecule has 0 saturated heterocycles. The number of rotatable bonds is 6. The molecule has 0 aromatic heterocycles. The van der Waals surface area contributed by atoms with E-state index in [0.717, 1.165) is 12.1 Å². The highest BCUT2D eigenvalue weighted by atomic mass is 16.6. The van der Waals surface area contributed by atoms with Crippen molar-refractivity contribution in [3.63, 3.8) is 0 Å². The molecule has 6 heteroatoms. The van der Waals surface area contributed by atoms with Crippen molar-refractivity contribution in [1.82, 2.24) is 10.6 Å². The summed E-state index contributed by atoms with van der Waals surface area (Å²) >= 11 is 0. The Labute approximate surface area is 106 Å². The number of carbonyl (C=O) groups excluding carboxylic acids is 1. The van der Waals surface area contributed by atoms with Gasteiger partial charge < -0.3 is 10.6 Å². The smallest absolute Gasteiger partial charge is 0.282 e. The molecule has 1 aromatic rings. The second-order valence-corrected chi connectivity index (χ2v) is 3.89. The molecular formula is C12H17N3O3. The number of hydrogen-bond donors (Lipinski definition) is 2. The van der Waals surface area contributed by atoms with Crippen LogP contribution >= 0.6 is 0 Å². The van der Waals surface area contributed by atoms with Crippen LogP contribution in [0.2, 0.25) is 0 Å². The Bertz CT molecular complexity index is 446. The van der Waals surface area contributed by atoms with E-state index in [2.05, 4.69) is 10.6 Å². The fourth-order valence-electron chi connectivity index (χ4n) is 1.53. The zero-order chi connectivity index (χ0) is 13.5. The van der Waals surface area contributed by atoms with E-state index in [1.54, 1.807) is 13.0 Å². The summed E-state index contributed by atoms with van der Waals surface area (Å²) in [5.41, 5.74) is 0.760.